The number of thiazole rings is 1. The van der Waals surface area contributed by atoms with E-state index in [-0.39, 0.29) is 5.91 Å². The number of aromatic nitrogens is 1. The summed E-state index contributed by atoms with van der Waals surface area (Å²) in [5, 5.41) is 7.22. The second-order valence-corrected chi connectivity index (χ2v) is 8.21. The number of rotatable bonds is 4. The first kappa shape index (κ1) is 17.5. The fourth-order valence-electron chi connectivity index (χ4n) is 2.00. The molecule has 0 radical (unpaired) electrons. The summed E-state index contributed by atoms with van der Waals surface area (Å²) in [7, 11) is 0. The van der Waals surface area contributed by atoms with Crippen molar-refractivity contribution in [1.29, 1.82) is 0 Å². The van der Waals surface area contributed by atoms with Gasteiger partial charge in [-0.05, 0) is 32.9 Å². The molecular weight excluding hydrogens is 306 g/mol. The highest BCUT2D eigenvalue weighted by Crippen LogP contribution is 2.31. The number of carbonyl (C=O) groups is 1. The Labute approximate surface area is 142 Å². The maximum absolute atomic E-state index is 12.0. The number of benzene rings is 1. The third-order valence-corrected chi connectivity index (χ3v) is 4.21. The first-order chi connectivity index (χ1) is 10.7. The van der Waals surface area contributed by atoms with E-state index >= 15 is 0 Å². The molecule has 0 spiro atoms. The van der Waals surface area contributed by atoms with Crippen molar-refractivity contribution < 1.29 is 4.79 Å². The lowest BCUT2D eigenvalue weighted by molar-refractivity contribution is -0.123. The van der Waals surface area contributed by atoms with Crippen LogP contribution >= 0.6 is 11.3 Å². The molecule has 5 heteroatoms. The fraction of sp³-hybridized carbons (Fsp3) is 0.444. The van der Waals surface area contributed by atoms with Gasteiger partial charge in [0, 0.05) is 27.6 Å². The zero-order valence-electron chi connectivity index (χ0n) is 14.7. The molecule has 2 rings (SSSR count). The molecule has 23 heavy (non-hydrogen) atoms. The van der Waals surface area contributed by atoms with Gasteiger partial charge in [-0.3, -0.25) is 4.79 Å². The van der Waals surface area contributed by atoms with Gasteiger partial charge in [-0.25, -0.2) is 4.98 Å². The Bertz CT molecular complexity index is 681. The molecule has 0 aliphatic carbocycles. The van der Waals surface area contributed by atoms with Crippen LogP contribution < -0.4 is 10.6 Å². The van der Waals surface area contributed by atoms with Gasteiger partial charge in [0.15, 0.2) is 5.13 Å². The highest BCUT2D eigenvalue weighted by molar-refractivity contribution is 7.16. The van der Waals surface area contributed by atoms with E-state index in [1.165, 1.54) is 4.88 Å². The molecule has 1 aromatic carbocycles. The molecule has 0 saturated heterocycles. The summed E-state index contributed by atoms with van der Waals surface area (Å²) in [6.07, 6.45) is 0. The summed E-state index contributed by atoms with van der Waals surface area (Å²) in [4.78, 5) is 17.9. The molecular formula is C18H25N3OS. The fourth-order valence-corrected chi connectivity index (χ4v) is 2.98. The quantitative estimate of drug-likeness (QED) is 0.836. The van der Waals surface area contributed by atoms with E-state index in [1.54, 1.807) is 11.3 Å². The van der Waals surface area contributed by atoms with Crippen molar-refractivity contribution in [3.63, 3.8) is 0 Å². The minimum Gasteiger partial charge on any atom is -0.359 e. The maximum Gasteiger partial charge on any atom is 0.229 e. The number of carbonyl (C=O) groups excluding carboxylic acids is 1. The monoisotopic (exact) mass is 331 g/mol. The molecule has 1 heterocycles. The van der Waals surface area contributed by atoms with Crippen LogP contribution in [0.25, 0.3) is 11.3 Å². The van der Waals surface area contributed by atoms with Crippen LogP contribution in [-0.2, 0) is 4.79 Å². The van der Waals surface area contributed by atoms with E-state index in [9.17, 15) is 4.79 Å². The molecule has 0 aliphatic heterocycles. The van der Waals surface area contributed by atoms with Crippen LogP contribution in [0, 0.1) is 12.3 Å². The molecule has 0 atom stereocenters. The zero-order valence-corrected chi connectivity index (χ0v) is 15.5. The number of amides is 1. The average molecular weight is 331 g/mol. The van der Waals surface area contributed by atoms with E-state index < -0.39 is 5.41 Å². The Morgan fingerprint density at radius 1 is 1.17 bits per heavy atom. The molecule has 0 saturated carbocycles. The molecule has 4 nitrogen and oxygen atoms in total. The Balaban J connectivity index is 2.17. The van der Waals surface area contributed by atoms with Crippen LogP contribution in [-0.4, -0.2) is 16.9 Å². The van der Waals surface area contributed by atoms with Gasteiger partial charge in [-0.1, -0.05) is 32.9 Å². The van der Waals surface area contributed by atoms with Gasteiger partial charge in [0.1, 0.15) is 0 Å². The van der Waals surface area contributed by atoms with Crippen LogP contribution in [0.15, 0.2) is 24.3 Å². The molecule has 0 bridgehead atoms. The number of anilines is 2. The SMILES string of the molecule is Cc1sc(NC(C)C)nc1-c1ccc(NC(=O)C(C)(C)C)cc1. The highest BCUT2D eigenvalue weighted by Gasteiger charge is 2.21. The van der Waals surface area contributed by atoms with Crippen LogP contribution in [0.3, 0.4) is 0 Å². The predicted molar refractivity (Wildman–Crippen MR) is 99.1 cm³/mol. The minimum atomic E-state index is -0.401. The molecule has 0 aliphatic rings. The summed E-state index contributed by atoms with van der Waals surface area (Å²) in [5.74, 6) is 0.0125. The first-order valence-corrected chi connectivity index (χ1v) is 8.64. The number of aryl methyl sites for hydroxylation is 1. The second-order valence-electron chi connectivity index (χ2n) is 7.00. The van der Waals surface area contributed by atoms with Crippen LogP contribution in [0.2, 0.25) is 0 Å². The lowest BCUT2D eigenvalue weighted by Crippen LogP contribution is -2.27. The lowest BCUT2D eigenvalue weighted by atomic mass is 9.95. The van der Waals surface area contributed by atoms with Gasteiger partial charge < -0.3 is 10.6 Å². The predicted octanol–water partition coefficient (Wildman–Crippen LogP) is 4.92. The average Bonchev–Trinajstić information content (AvgIpc) is 2.78. The largest absolute Gasteiger partial charge is 0.359 e. The van der Waals surface area contributed by atoms with Crippen molar-refractivity contribution in [3.05, 3.63) is 29.1 Å². The minimum absolute atomic E-state index is 0.0125. The molecule has 2 N–H and O–H groups in total. The van der Waals surface area contributed by atoms with Crippen molar-refractivity contribution in [2.24, 2.45) is 5.41 Å². The first-order valence-electron chi connectivity index (χ1n) is 7.82. The van der Waals surface area contributed by atoms with Gasteiger partial charge in [0.05, 0.1) is 5.69 Å². The topological polar surface area (TPSA) is 54.0 Å². The standard InChI is InChI=1S/C18H25N3OS/c1-11(2)19-17-21-15(12(3)23-17)13-7-9-14(10-8-13)20-16(22)18(4,5)6/h7-11H,1-6H3,(H,19,21)(H,20,22). The van der Waals surface area contributed by atoms with E-state index in [0.29, 0.717) is 6.04 Å². The molecule has 0 fully saturated rings. The van der Waals surface area contributed by atoms with Crippen molar-refractivity contribution in [1.82, 2.24) is 4.98 Å². The van der Waals surface area contributed by atoms with Gasteiger partial charge in [-0.15, -0.1) is 11.3 Å². The normalized spacial score (nSPS) is 11.6. The van der Waals surface area contributed by atoms with Crippen LogP contribution in [0.1, 0.15) is 39.5 Å². The lowest BCUT2D eigenvalue weighted by Gasteiger charge is -2.17. The van der Waals surface area contributed by atoms with Gasteiger partial charge in [0.25, 0.3) is 0 Å². The molecule has 1 amide bonds. The van der Waals surface area contributed by atoms with E-state index in [0.717, 1.165) is 22.1 Å². The summed E-state index contributed by atoms with van der Waals surface area (Å²) in [5.41, 5.74) is 2.46. The number of hydrogen-bond acceptors (Lipinski definition) is 4. The Kier molecular flexibility index (Phi) is 5.09. The van der Waals surface area contributed by atoms with Crippen molar-refractivity contribution in [2.75, 3.05) is 10.6 Å². The van der Waals surface area contributed by atoms with Gasteiger partial charge >= 0.3 is 0 Å². The van der Waals surface area contributed by atoms with Crippen molar-refractivity contribution in [2.45, 2.75) is 47.6 Å². The number of hydrogen-bond donors (Lipinski definition) is 2. The molecule has 124 valence electrons. The van der Waals surface area contributed by atoms with E-state index in [2.05, 4.69) is 36.4 Å². The molecule has 1 aromatic heterocycles. The number of nitrogens with one attached hydrogen (secondary N) is 2. The number of nitrogens with zero attached hydrogens (tertiary/aromatic N) is 1. The summed E-state index contributed by atoms with van der Waals surface area (Å²) in [6.45, 7) is 12.0. The maximum atomic E-state index is 12.0. The Hall–Kier alpha value is -1.88. The third kappa shape index (κ3) is 4.55. The van der Waals surface area contributed by atoms with Crippen molar-refractivity contribution in [3.8, 4) is 11.3 Å². The van der Waals surface area contributed by atoms with Gasteiger partial charge in [0.2, 0.25) is 5.91 Å². The van der Waals surface area contributed by atoms with Crippen LogP contribution in [0.5, 0.6) is 0 Å². The Morgan fingerprint density at radius 2 is 1.78 bits per heavy atom. The van der Waals surface area contributed by atoms with Crippen molar-refractivity contribution >= 4 is 28.1 Å². The van der Waals surface area contributed by atoms with E-state index in [1.807, 2.05) is 45.0 Å². The second kappa shape index (κ2) is 6.71. The third-order valence-electron chi connectivity index (χ3n) is 3.31. The molecule has 0 unspecified atom stereocenters. The Morgan fingerprint density at radius 3 is 2.30 bits per heavy atom. The summed E-state index contributed by atoms with van der Waals surface area (Å²) >= 11 is 1.66. The molecule has 2 aromatic rings. The highest BCUT2D eigenvalue weighted by atomic mass is 32.1. The smallest absolute Gasteiger partial charge is 0.229 e. The summed E-state index contributed by atoms with van der Waals surface area (Å²) < 4.78 is 0. The van der Waals surface area contributed by atoms with E-state index in [4.69, 9.17) is 0 Å². The van der Waals surface area contributed by atoms with Crippen LogP contribution in [0.4, 0.5) is 10.8 Å². The zero-order chi connectivity index (χ0) is 17.2. The van der Waals surface area contributed by atoms with Gasteiger partial charge in [-0.2, -0.15) is 0 Å². The summed E-state index contributed by atoms with van der Waals surface area (Å²) in [6, 6.07) is 8.21.